The van der Waals surface area contributed by atoms with E-state index in [1.807, 2.05) is 11.8 Å². The Labute approximate surface area is 121 Å². The molecule has 3 atom stereocenters. The highest BCUT2D eigenvalue weighted by atomic mass is 19.4. The summed E-state index contributed by atoms with van der Waals surface area (Å²) in [4.78, 5) is 12.9. The number of carboxylic acid groups (broad SMARTS) is 1. The number of carbonyl (C=O) groups is 1. The van der Waals surface area contributed by atoms with Gasteiger partial charge in [-0.25, -0.2) is 0 Å². The summed E-state index contributed by atoms with van der Waals surface area (Å²) in [5, 5.41) is 9.13. The van der Waals surface area contributed by atoms with Crippen LogP contribution in [0.2, 0.25) is 0 Å². The molecule has 116 valence electrons. The summed E-state index contributed by atoms with van der Waals surface area (Å²) in [5.74, 6) is -1.48. The van der Waals surface area contributed by atoms with E-state index in [1.165, 1.54) is 12.1 Å². The van der Waals surface area contributed by atoms with Crippen molar-refractivity contribution < 1.29 is 23.1 Å². The lowest BCUT2D eigenvalue weighted by Crippen LogP contribution is -2.27. The average molecular weight is 301 g/mol. The molecular formula is C15H18F3NO2. The van der Waals surface area contributed by atoms with Crippen molar-refractivity contribution in [1.82, 2.24) is 4.90 Å². The average Bonchev–Trinajstić information content (AvgIpc) is 2.79. The molecule has 0 bridgehead atoms. The van der Waals surface area contributed by atoms with Crippen LogP contribution in [-0.2, 0) is 11.0 Å². The van der Waals surface area contributed by atoms with E-state index in [4.69, 9.17) is 5.11 Å². The summed E-state index contributed by atoms with van der Waals surface area (Å²) < 4.78 is 39.2. The summed E-state index contributed by atoms with van der Waals surface area (Å²) in [6.45, 7) is 4.29. The van der Waals surface area contributed by atoms with Crippen LogP contribution in [0.4, 0.5) is 13.2 Å². The molecule has 0 spiro atoms. The van der Waals surface area contributed by atoms with Crippen LogP contribution in [0.1, 0.15) is 31.0 Å². The molecule has 0 radical (unpaired) electrons. The predicted molar refractivity (Wildman–Crippen MR) is 71.7 cm³/mol. The van der Waals surface area contributed by atoms with Crippen molar-refractivity contribution in [1.29, 1.82) is 0 Å². The van der Waals surface area contributed by atoms with Crippen molar-refractivity contribution in [2.45, 2.75) is 26.1 Å². The van der Waals surface area contributed by atoms with Gasteiger partial charge in [0.2, 0.25) is 0 Å². The Kier molecular flexibility index (Phi) is 4.27. The van der Waals surface area contributed by atoms with Gasteiger partial charge >= 0.3 is 12.1 Å². The lowest BCUT2D eigenvalue weighted by Gasteiger charge is -2.27. The lowest BCUT2D eigenvalue weighted by atomic mass is 9.99. The first-order valence-electron chi connectivity index (χ1n) is 6.84. The predicted octanol–water partition coefficient (Wildman–Crippen LogP) is 3.42. The first kappa shape index (κ1) is 15.8. The smallest absolute Gasteiger partial charge is 0.416 e. The number of halogens is 3. The van der Waals surface area contributed by atoms with E-state index in [1.54, 1.807) is 13.0 Å². The Bertz CT molecular complexity index is 530. The molecule has 1 N–H and O–H groups in total. The first-order valence-corrected chi connectivity index (χ1v) is 6.84. The number of hydrogen-bond acceptors (Lipinski definition) is 2. The Morgan fingerprint density at radius 1 is 1.33 bits per heavy atom. The van der Waals surface area contributed by atoms with E-state index in [0.29, 0.717) is 6.54 Å². The Balaban J connectivity index is 2.26. The first-order chi connectivity index (χ1) is 9.71. The number of alkyl halides is 3. The van der Waals surface area contributed by atoms with Crippen LogP contribution >= 0.6 is 0 Å². The maximum absolute atomic E-state index is 13.1. The van der Waals surface area contributed by atoms with Gasteiger partial charge in [0, 0.05) is 19.1 Å². The maximum Gasteiger partial charge on any atom is 0.416 e. The molecule has 1 aromatic carbocycles. The highest BCUT2D eigenvalue weighted by Gasteiger charge is 2.40. The molecule has 0 amide bonds. The van der Waals surface area contributed by atoms with Crippen LogP contribution in [0.5, 0.6) is 0 Å². The molecule has 0 saturated carbocycles. The second kappa shape index (κ2) is 5.67. The fourth-order valence-electron chi connectivity index (χ4n) is 2.96. The van der Waals surface area contributed by atoms with Crippen LogP contribution in [0.25, 0.3) is 0 Å². The number of carboxylic acids is 1. The number of aliphatic carboxylic acids is 1. The van der Waals surface area contributed by atoms with E-state index in [9.17, 15) is 18.0 Å². The van der Waals surface area contributed by atoms with Gasteiger partial charge in [-0.3, -0.25) is 9.69 Å². The van der Waals surface area contributed by atoms with Gasteiger partial charge in [0.1, 0.15) is 0 Å². The summed E-state index contributed by atoms with van der Waals surface area (Å²) in [6, 6.07) is 5.02. The molecular weight excluding hydrogens is 283 g/mol. The van der Waals surface area contributed by atoms with Crippen LogP contribution in [0.15, 0.2) is 24.3 Å². The second-order valence-corrected chi connectivity index (χ2v) is 5.64. The fraction of sp³-hybridized carbons (Fsp3) is 0.533. The van der Waals surface area contributed by atoms with E-state index >= 15 is 0 Å². The molecule has 1 heterocycles. The van der Waals surface area contributed by atoms with Gasteiger partial charge in [-0.2, -0.15) is 13.2 Å². The second-order valence-electron chi connectivity index (χ2n) is 5.64. The molecule has 1 aromatic rings. The summed E-state index contributed by atoms with van der Waals surface area (Å²) in [7, 11) is 0. The Morgan fingerprint density at radius 3 is 2.48 bits per heavy atom. The van der Waals surface area contributed by atoms with Crippen molar-refractivity contribution in [2.24, 2.45) is 11.8 Å². The molecule has 1 saturated heterocycles. The van der Waals surface area contributed by atoms with Crippen LogP contribution in [0.3, 0.4) is 0 Å². The van der Waals surface area contributed by atoms with Gasteiger partial charge in [-0.1, -0.05) is 25.1 Å². The third-order valence-corrected chi connectivity index (χ3v) is 4.22. The molecule has 2 rings (SSSR count). The van der Waals surface area contributed by atoms with E-state index in [0.717, 1.165) is 6.07 Å². The number of rotatable bonds is 3. The highest BCUT2D eigenvalue weighted by Crippen LogP contribution is 2.38. The third-order valence-electron chi connectivity index (χ3n) is 4.22. The molecule has 0 aromatic heterocycles. The number of nitrogens with zero attached hydrogens (tertiary/aromatic N) is 1. The summed E-state index contributed by atoms with van der Waals surface area (Å²) >= 11 is 0. The molecule has 21 heavy (non-hydrogen) atoms. The standard InChI is InChI=1S/C15H18F3NO2/c1-9-7-19(8-12(9)14(20)21)10(2)11-5-3-4-6-13(11)15(16,17)18/h3-6,9-10,12H,7-8H2,1-2H3,(H,20,21). The van der Waals surface area contributed by atoms with Gasteiger partial charge in [0.25, 0.3) is 0 Å². The minimum absolute atomic E-state index is 0.0667. The van der Waals surface area contributed by atoms with Crippen LogP contribution < -0.4 is 0 Å². The van der Waals surface area contributed by atoms with Crippen molar-refractivity contribution in [2.75, 3.05) is 13.1 Å². The van der Waals surface area contributed by atoms with Gasteiger partial charge in [0.05, 0.1) is 11.5 Å². The minimum Gasteiger partial charge on any atom is -0.481 e. The largest absolute Gasteiger partial charge is 0.481 e. The van der Waals surface area contributed by atoms with Gasteiger partial charge in [0.15, 0.2) is 0 Å². The Morgan fingerprint density at radius 2 is 1.95 bits per heavy atom. The number of benzene rings is 1. The topological polar surface area (TPSA) is 40.5 Å². The normalized spacial score (nSPS) is 25.0. The van der Waals surface area contributed by atoms with Crippen LogP contribution in [0, 0.1) is 11.8 Å². The molecule has 1 fully saturated rings. The zero-order chi connectivity index (χ0) is 15.8. The zero-order valence-corrected chi connectivity index (χ0v) is 11.9. The zero-order valence-electron chi connectivity index (χ0n) is 11.9. The number of likely N-dealkylation sites (tertiary alicyclic amines) is 1. The van der Waals surface area contributed by atoms with E-state index in [2.05, 4.69) is 0 Å². The van der Waals surface area contributed by atoms with Gasteiger partial charge < -0.3 is 5.11 Å². The molecule has 3 nitrogen and oxygen atoms in total. The molecule has 0 aliphatic carbocycles. The quantitative estimate of drug-likeness (QED) is 0.930. The monoisotopic (exact) mass is 301 g/mol. The minimum atomic E-state index is -4.40. The van der Waals surface area contributed by atoms with Crippen molar-refractivity contribution >= 4 is 5.97 Å². The Hall–Kier alpha value is -1.56. The number of hydrogen-bond donors (Lipinski definition) is 1. The fourth-order valence-corrected chi connectivity index (χ4v) is 2.96. The molecule has 3 unspecified atom stereocenters. The van der Waals surface area contributed by atoms with Gasteiger partial charge in [-0.15, -0.1) is 0 Å². The van der Waals surface area contributed by atoms with Crippen LogP contribution in [-0.4, -0.2) is 29.1 Å². The molecule has 6 heteroatoms. The summed E-state index contributed by atoms with van der Waals surface area (Å²) in [5.41, 5.74) is -0.452. The highest BCUT2D eigenvalue weighted by molar-refractivity contribution is 5.71. The maximum atomic E-state index is 13.1. The van der Waals surface area contributed by atoms with Crippen molar-refractivity contribution in [3.63, 3.8) is 0 Å². The van der Waals surface area contributed by atoms with E-state index < -0.39 is 29.7 Å². The third kappa shape index (κ3) is 3.20. The van der Waals surface area contributed by atoms with Crippen molar-refractivity contribution in [3.8, 4) is 0 Å². The summed E-state index contributed by atoms with van der Waals surface area (Å²) in [6.07, 6.45) is -4.40. The lowest BCUT2D eigenvalue weighted by molar-refractivity contribution is -0.142. The van der Waals surface area contributed by atoms with Crippen molar-refractivity contribution in [3.05, 3.63) is 35.4 Å². The molecule has 1 aliphatic rings. The van der Waals surface area contributed by atoms with Gasteiger partial charge in [-0.05, 0) is 24.5 Å². The molecule has 1 aliphatic heterocycles. The SMILES string of the molecule is CC1CN(C(C)c2ccccc2C(F)(F)F)CC1C(=O)O. The van der Waals surface area contributed by atoms with E-state index in [-0.39, 0.29) is 18.0 Å².